The van der Waals surface area contributed by atoms with Crippen LogP contribution in [0.2, 0.25) is 0 Å². The number of rotatable bonds is 1. The number of para-hydroxylation sites is 1. The number of hydrogen-bond acceptors (Lipinski definition) is 2. The van der Waals surface area contributed by atoms with E-state index in [1.807, 2.05) is 43.3 Å². The summed E-state index contributed by atoms with van der Waals surface area (Å²) in [5, 5.41) is 2.43. The number of hydrogen-bond donors (Lipinski definition) is 1. The summed E-state index contributed by atoms with van der Waals surface area (Å²) in [6.45, 7) is 1.89. The highest BCUT2D eigenvalue weighted by Crippen LogP contribution is 2.24. The molecule has 4 rings (SSSR count). The first-order valence-electron chi connectivity index (χ1n) is 7.39. The van der Waals surface area contributed by atoms with Gasteiger partial charge in [-0.25, -0.2) is 9.36 Å². The molecule has 0 spiro atoms. The number of aromatic amines is 1. The van der Waals surface area contributed by atoms with Gasteiger partial charge in [0, 0.05) is 5.39 Å². The van der Waals surface area contributed by atoms with Crippen molar-refractivity contribution in [3.63, 3.8) is 0 Å². The third-order valence-electron chi connectivity index (χ3n) is 4.11. The van der Waals surface area contributed by atoms with Gasteiger partial charge in [0.1, 0.15) is 0 Å². The minimum atomic E-state index is -0.426. The Hall–Kier alpha value is -3.14. The molecule has 0 saturated carbocycles. The van der Waals surface area contributed by atoms with Crippen LogP contribution in [0, 0.1) is 6.92 Å². The molecule has 1 aromatic heterocycles. The fraction of sp³-hybridized carbons (Fsp3) is 0.0526. The Morgan fingerprint density at radius 1 is 0.913 bits per heavy atom. The number of nitrogens with one attached hydrogen (secondary N) is 1. The van der Waals surface area contributed by atoms with Crippen LogP contribution in [0.4, 0.5) is 0 Å². The molecule has 0 aliphatic carbocycles. The molecule has 4 heteroatoms. The van der Waals surface area contributed by atoms with Crippen LogP contribution in [-0.4, -0.2) is 9.55 Å². The molecule has 4 aromatic rings. The molecule has 0 aliphatic rings. The number of nitrogens with zero attached hydrogens (tertiary/aromatic N) is 1. The Balaban J connectivity index is 2.23. The van der Waals surface area contributed by atoms with E-state index in [-0.39, 0.29) is 5.56 Å². The molecule has 0 unspecified atom stereocenters. The molecule has 4 nitrogen and oxygen atoms in total. The molecule has 1 heterocycles. The summed E-state index contributed by atoms with van der Waals surface area (Å²) < 4.78 is 1.18. The molecule has 112 valence electrons. The van der Waals surface area contributed by atoms with Crippen LogP contribution in [0.1, 0.15) is 5.56 Å². The molecule has 0 fully saturated rings. The first kappa shape index (κ1) is 13.5. The predicted molar refractivity (Wildman–Crippen MR) is 92.4 cm³/mol. The van der Waals surface area contributed by atoms with Crippen molar-refractivity contribution in [1.29, 1.82) is 0 Å². The lowest BCUT2D eigenvalue weighted by atomic mass is 10.0. The van der Waals surface area contributed by atoms with E-state index in [0.717, 1.165) is 16.3 Å². The number of benzene rings is 3. The van der Waals surface area contributed by atoms with Crippen LogP contribution in [0.15, 0.2) is 70.3 Å². The van der Waals surface area contributed by atoms with Crippen LogP contribution >= 0.6 is 0 Å². The third-order valence-corrected chi connectivity index (χ3v) is 4.11. The predicted octanol–water partition coefficient (Wildman–Crippen LogP) is 3.14. The van der Waals surface area contributed by atoms with Crippen LogP contribution in [0.5, 0.6) is 0 Å². The Kier molecular flexibility index (Phi) is 2.91. The van der Waals surface area contributed by atoms with E-state index in [0.29, 0.717) is 16.6 Å². The quantitative estimate of drug-likeness (QED) is 0.549. The van der Waals surface area contributed by atoms with E-state index in [9.17, 15) is 9.59 Å². The van der Waals surface area contributed by atoms with Gasteiger partial charge in [0.05, 0.1) is 16.6 Å². The van der Waals surface area contributed by atoms with E-state index in [1.54, 1.807) is 24.3 Å². The minimum absolute atomic E-state index is 0.293. The van der Waals surface area contributed by atoms with Gasteiger partial charge in [0.2, 0.25) is 0 Å². The Morgan fingerprint density at radius 3 is 2.39 bits per heavy atom. The average Bonchev–Trinajstić information content (AvgIpc) is 2.55. The van der Waals surface area contributed by atoms with Crippen LogP contribution in [-0.2, 0) is 0 Å². The standard InChI is InChI=1S/C19H14N2O2/c1-12-11-13-7-5-6-10-15(13)17-16(12)18(22)21(19(23)20-17)14-8-3-2-4-9-14/h2-11H,1H3,(H,20,23). The van der Waals surface area contributed by atoms with Gasteiger partial charge in [-0.2, -0.15) is 0 Å². The maximum absolute atomic E-state index is 13.0. The van der Waals surface area contributed by atoms with Gasteiger partial charge in [-0.3, -0.25) is 4.79 Å². The molecule has 0 atom stereocenters. The van der Waals surface area contributed by atoms with Crippen molar-refractivity contribution in [2.45, 2.75) is 6.92 Å². The van der Waals surface area contributed by atoms with E-state index < -0.39 is 5.69 Å². The van der Waals surface area contributed by atoms with Gasteiger partial charge in [0.25, 0.3) is 5.56 Å². The first-order valence-corrected chi connectivity index (χ1v) is 7.39. The Morgan fingerprint density at radius 2 is 1.61 bits per heavy atom. The molecular formula is C19H14N2O2. The summed E-state index contributed by atoms with van der Waals surface area (Å²) in [7, 11) is 0. The molecular weight excluding hydrogens is 288 g/mol. The molecule has 0 radical (unpaired) electrons. The fourth-order valence-corrected chi connectivity index (χ4v) is 3.07. The summed E-state index contributed by atoms with van der Waals surface area (Å²) >= 11 is 0. The second-order valence-corrected chi connectivity index (χ2v) is 5.57. The number of fused-ring (bicyclic) bond motifs is 3. The minimum Gasteiger partial charge on any atom is -0.306 e. The monoisotopic (exact) mass is 302 g/mol. The third kappa shape index (κ3) is 1.99. The first-order chi connectivity index (χ1) is 11.2. The number of aryl methyl sites for hydroxylation is 1. The van der Waals surface area contributed by atoms with Gasteiger partial charge >= 0.3 is 5.69 Å². The van der Waals surface area contributed by atoms with Crippen molar-refractivity contribution in [1.82, 2.24) is 9.55 Å². The van der Waals surface area contributed by atoms with E-state index in [4.69, 9.17) is 0 Å². The summed E-state index contributed by atoms with van der Waals surface area (Å²) in [6, 6.07) is 18.7. The topological polar surface area (TPSA) is 54.9 Å². The van der Waals surface area contributed by atoms with Crippen LogP contribution in [0.25, 0.3) is 27.4 Å². The maximum Gasteiger partial charge on any atom is 0.333 e. The van der Waals surface area contributed by atoms with E-state index >= 15 is 0 Å². The highest BCUT2D eigenvalue weighted by Gasteiger charge is 2.13. The summed E-state index contributed by atoms with van der Waals surface area (Å²) in [5.41, 5.74) is 1.29. The highest BCUT2D eigenvalue weighted by atomic mass is 16.2. The van der Waals surface area contributed by atoms with Gasteiger partial charge in [0.15, 0.2) is 0 Å². The maximum atomic E-state index is 13.0. The van der Waals surface area contributed by atoms with E-state index in [2.05, 4.69) is 4.98 Å². The van der Waals surface area contributed by atoms with Crippen molar-refractivity contribution in [3.05, 3.63) is 87.1 Å². The van der Waals surface area contributed by atoms with Gasteiger partial charge in [-0.1, -0.05) is 48.5 Å². The van der Waals surface area contributed by atoms with Gasteiger partial charge in [-0.15, -0.1) is 0 Å². The zero-order valence-electron chi connectivity index (χ0n) is 12.5. The van der Waals surface area contributed by atoms with Crippen molar-refractivity contribution in [2.75, 3.05) is 0 Å². The summed E-state index contributed by atoms with van der Waals surface area (Å²) in [4.78, 5) is 28.4. The SMILES string of the molecule is Cc1cc2ccccc2c2[nH]c(=O)n(-c3ccccc3)c(=O)c12. The van der Waals surface area contributed by atoms with E-state index in [1.165, 1.54) is 4.57 Å². The lowest BCUT2D eigenvalue weighted by molar-refractivity contribution is 0.901. The number of aromatic nitrogens is 2. The summed E-state index contributed by atoms with van der Waals surface area (Å²) in [5.74, 6) is 0. The normalized spacial score (nSPS) is 11.2. The highest BCUT2D eigenvalue weighted by molar-refractivity contribution is 6.06. The lowest BCUT2D eigenvalue weighted by Crippen LogP contribution is -2.34. The van der Waals surface area contributed by atoms with Crippen molar-refractivity contribution in [3.8, 4) is 5.69 Å². The molecule has 0 amide bonds. The van der Waals surface area contributed by atoms with Crippen molar-refractivity contribution >= 4 is 21.7 Å². The molecule has 0 bridgehead atoms. The molecule has 3 aromatic carbocycles. The molecule has 0 aliphatic heterocycles. The lowest BCUT2D eigenvalue weighted by Gasteiger charge is -2.10. The van der Waals surface area contributed by atoms with Crippen LogP contribution < -0.4 is 11.2 Å². The second-order valence-electron chi connectivity index (χ2n) is 5.57. The zero-order valence-corrected chi connectivity index (χ0v) is 12.5. The molecule has 0 saturated heterocycles. The van der Waals surface area contributed by atoms with Gasteiger partial charge < -0.3 is 4.98 Å². The van der Waals surface area contributed by atoms with Crippen LogP contribution in [0.3, 0.4) is 0 Å². The zero-order chi connectivity index (χ0) is 16.0. The van der Waals surface area contributed by atoms with Crippen molar-refractivity contribution < 1.29 is 0 Å². The summed E-state index contributed by atoms with van der Waals surface area (Å²) in [6.07, 6.45) is 0. The molecule has 1 N–H and O–H groups in total. The van der Waals surface area contributed by atoms with Crippen molar-refractivity contribution in [2.24, 2.45) is 0 Å². The van der Waals surface area contributed by atoms with Gasteiger partial charge in [-0.05, 0) is 30.0 Å². The second kappa shape index (κ2) is 4.95. The Labute approximate surface area is 131 Å². The number of H-pyrrole nitrogens is 1. The fourth-order valence-electron chi connectivity index (χ4n) is 3.07. The molecule has 23 heavy (non-hydrogen) atoms. The average molecular weight is 302 g/mol. The smallest absolute Gasteiger partial charge is 0.306 e. The Bertz CT molecular complexity index is 1160. The largest absolute Gasteiger partial charge is 0.333 e.